The van der Waals surface area contributed by atoms with E-state index < -0.39 is 0 Å². The van der Waals surface area contributed by atoms with Gasteiger partial charge in [0.2, 0.25) is 0 Å². The molecule has 0 saturated heterocycles. The van der Waals surface area contributed by atoms with Crippen LogP contribution in [0.5, 0.6) is 0 Å². The minimum Gasteiger partial charge on any atom is -0.267 e. The molecule has 3 heteroatoms. The summed E-state index contributed by atoms with van der Waals surface area (Å²) in [5.41, 5.74) is 5.36. The molecule has 0 spiro atoms. The highest BCUT2D eigenvalue weighted by Crippen LogP contribution is 2.30. The fourth-order valence-corrected chi connectivity index (χ4v) is 1.58. The lowest BCUT2D eigenvalue weighted by molar-refractivity contribution is 0.0954. The van der Waals surface area contributed by atoms with E-state index in [4.69, 9.17) is 0 Å². The molecular formula is C13H16N2O. The van der Waals surface area contributed by atoms with Crippen LogP contribution in [0.4, 0.5) is 0 Å². The van der Waals surface area contributed by atoms with Crippen molar-refractivity contribution in [3.63, 3.8) is 0 Å². The van der Waals surface area contributed by atoms with E-state index in [0.717, 1.165) is 11.3 Å². The van der Waals surface area contributed by atoms with E-state index in [-0.39, 0.29) is 5.91 Å². The van der Waals surface area contributed by atoms with Crippen molar-refractivity contribution in [2.45, 2.75) is 26.7 Å². The molecule has 1 N–H and O–H groups in total. The largest absolute Gasteiger partial charge is 0.271 e. The molecule has 1 aromatic rings. The van der Waals surface area contributed by atoms with Gasteiger partial charge in [0.1, 0.15) is 0 Å². The Morgan fingerprint density at radius 1 is 1.44 bits per heavy atom. The fourth-order valence-electron chi connectivity index (χ4n) is 1.58. The number of hydrazone groups is 1. The van der Waals surface area contributed by atoms with Crippen LogP contribution in [0, 0.1) is 12.8 Å². The lowest BCUT2D eigenvalue weighted by Gasteiger charge is -2.02. The van der Waals surface area contributed by atoms with Gasteiger partial charge in [-0.1, -0.05) is 17.7 Å². The fraction of sp³-hybridized carbons (Fsp3) is 0.385. The van der Waals surface area contributed by atoms with Crippen molar-refractivity contribution in [3.05, 3.63) is 35.4 Å². The SMILES string of the molecule is C/C(=N\NC(=O)c1cccc(C)c1)C1CC1. The summed E-state index contributed by atoms with van der Waals surface area (Å²) in [6.07, 6.45) is 2.41. The molecule has 0 heterocycles. The van der Waals surface area contributed by atoms with Crippen LogP contribution in [0.3, 0.4) is 0 Å². The number of nitrogens with zero attached hydrogens (tertiary/aromatic N) is 1. The van der Waals surface area contributed by atoms with Crippen LogP contribution in [0.1, 0.15) is 35.7 Å². The van der Waals surface area contributed by atoms with Crippen molar-refractivity contribution >= 4 is 11.6 Å². The van der Waals surface area contributed by atoms with E-state index in [2.05, 4.69) is 10.5 Å². The van der Waals surface area contributed by atoms with Crippen molar-refractivity contribution in [2.24, 2.45) is 11.0 Å². The molecule has 1 amide bonds. The standard InChI is InChI=1S/C13H16N2O/c1-9-4-3-5-12(8-9)13(16)15-14-10(2)11-6-7-11/h3-5,8,11H,6-7H2,1-2H3,(H,15,16)/b14-10+. The van der Waals surface area contributed by atoms with Gasteiger partial charge < -0.3 is 0 Å². The van der Waals surface area contributed by atoms with Gasteiger partial charge in [0.15, 0.2) is 0 Å². The number of benzene rings is 1. The zero-order valence-corrected chi connectivity index (χ0v) is 9.66. The molecule has 0 radical (unpaired) electrons. The van der Waals surface area contributed by atoms with Gasteiger partial charge in [-0.05, 0) is 44.7 Å². The molecule has 0 atom stereocenters. The third kappa shape index (κ3) is 2.69. The van der Waals surface area contributed by atoms with Gasteiger partial charge >= 0.3 is 0 Å². The van der Waals surface area contributed by atoms with Gasteiger partial charge in [0.05, 0.1) is 0 Å². The second-order valence-corrected chi connectivity index (χ2v) is 4.34. The van der Waals surface area contributed by atoms with E-state index in [1.165, 1.54) is 12.8 Å². The molecule has 0 aromatic heterocycles. The van der Waals surface area contributed by atoms with Crippen LogP contribution in [0.25, 0.3) is 0 Å². The summed E-state index contributed by atoms with van der Waals surface area (Å²) in [6.45, 7) is 3.93. The molecular weight excluding hydrogens is 200 g/mol. The normalized spacial score (nSPS) is 16.0. The molecule has 2 rings (SSSR count). The van der Waals surface area contributed by atoms with Crippen LogP contribution >= 0.6 is 0 Å². The highest BCUT2D eigenvalue weighted by molar-refractivity contribution is 5.95. The second kappa shape index (κ2) is 4.47. The predicted molar refractivity (Wildman–Crippen MR) is 64.5 cm³/mol. The first kappa shape index (κ1) is 10.9. The molecule has 1 aliphatic rings. The topological polar surface area (TPSA) is 41.5 Å². The van der Waals surface area contributed by atoms with Gasteiger partial charge in [-0.3, -0.25) is 4.79 Å². The van der Waals surface area contributed by atoms with E-state index >= 15 is 0 Å². The minimum atomic E-state index is -0.135. The molecule has 1 aliphatic carbocycles. The third-order valence-corrected chi connectivity index (χ3v) is 2.78. The third-order valence-electron chi connectivity index (χ3n) is 2.78. The highest BCUT2D eigenvalue weighted by Gasteiger charge is 2.24. The van der Waals surface area contributed by atoms with Crippen molar-refractivity contribution in [1.82, 2.24) is 5.43 Å². The molecule has 84 valence electrons. The summed E-state index contributed by atoms with van der Waals surface area (Å²) < 4.78 is 0. The first-order valence-electron chi connectivity index (χ1n) is 5.58. The average molecular weight is 216 g/mol. The van der Waals surface area contributed by atoms with Crippen molar-refractivity contribution in [3.8, 4) is 0 Å². The molecule has 1 fully saturated rings. The predicted octanol–water partition coefficient (Wildman–Crippen LogP) is 2.51. The second-order valence-electron chi connectivity index (χ2n) is 4.34. The molecule has 1 saturated carbocycles. The van der Waals surface area contributed by atoms with Gasteiger partial charge in [0, 0.05) is 11.3 Å². The maximum atomic E-state index is 11.7. The van der Waals surface area contributed by atoms with Crippen LogP contribution < -0.4 is 5.43 Å². The van der Waals surface area contributed by atoms with Gasteiger partial charge in [0.25, 0.3) is 5.91 Å². The number of rotatable bonds is 3. The average Bonchev–Trinajstić information content (AvgIpc) is 3.09. The lowest BCUT2D eigenvalue weighted by atomic mass is 10.1. The molecule has 16 heavy (non-hydrogen) atoms. The summed E-state index contributed by atoms with van der Waals surface area (Å²) in [5.74, 6) is 0.460. The lowest BCUT2D eigenvalue weighted by Crippen LogP contribution is -2.19. The summed E-state index contributed by atoms with van der Waals surface area (Å²) in [7, 11) is 0. The molecule has 0 bridgehead atoms. The van der Waals surface area contributed by atoms with Gasteiger partial charge in [-0.25, -0.2) is 5.43 Å². The first-order chi connectivity index (χ1) is 7.66. The maximum Gasteiger partial charge on any atom is 0.271 e. The number of amides is 1. The number of carbonyl (C=O) groups excluding carboxylic acids is 1. The number of hydrogen-bond donors (Lipinski definition) is 1. The Bertz CT molecular complexity index is 433. The summed E-state index contributed by atoms with van der Waals surface area (Å²) in [4.78, 5) is 11.7. The Kier molecular flexibility index (Phi) is 3.04. The quantitative estimate of drug-likeness (QED) is 0.612. The maximum absolute atomic E-state index is 11.7. The smallest absolute Gasteiger partial charge is 0.267 e. The summed E-state index contributed by atoms with van der Waals surface area (Å²) >= 11 is 0. The Hall–Kier alpha value is -1.64. The number of hydrogen-bond acceptors (Lipinski definition) is 2. The molecule has 0 aliphatic heterocycles. The Morgan fingerprint density at radius 3 is 2.81 bits per heavy atom. The minimum absolute atomic E-state index is 0.135. The van der Waals surface area contributed by atoms with Gasteiger partial charge in [-0.2, -0.15) is 5.10 Å². The van der Waals surface area contributed by atoms with E-state index in [9.17, 15) is 4.79 Å². The number of aryl methyl sites for hydroxylation is 1. The number of carbonyl (C=O) groups is 1. The van der Waals surface area contributed by atoms with Crippen molar-refractivity contribution < 1.29 is 4.79 Å². The van der Waals surface area contributed by atoms with E-state index in [1.54, 1.807) is 6.07 Å². The number of nitrogens with one attached hydrogen (secondary N) is 1. The Labute approximate surface area is 95.6 Å². The Morgan fingerprint density at radius 2 is 2.19 bits per heavy atom. The Balaban J connectivity index is 2.00. The first-order valence-corrected chi connectivity index (χ1v) is 5.58. The van der Waals surface area contributed by atoms with Gasteiger partial charge in [-0.15, -0.1) is 0 Å². The summed E-state index contributed by atoms with van der Waals surface area (Å²) in [5, 5.41) is 4.11. The zero-order valence-electron chi connectivity index (χ0n) is 9.66. The zero-order chi connectivity index (χ0) is 11.5. The monoisotopic (exact) mass is 216 g/mol. The van der Waals surface area contributed by atoms with Crippen LogP contribution in [-0.2, 0) is 0 Å². The van der Waals surface area contributed by atoms with E-state index in [1.807, 2.05) is 32.0 Å². The van der Waals surface area contributed by atoms with E-state index in [0.29, 0.717) is 11.5 Å². The highest BCUT2D eigenvalue weighted by atomic mass is 16.2. The van der Waals surface area contributed by atoms with Crippen LogP contribution in [-0.4, -0.2) is 11.6 Å². The molecule has 0 unspecified atom stereocenters. The van der Waals surface area contributed by atoms with Crippen molar-refractivity contribution in [1.29, 1.82) is 0 Å². The van der Waals surface area contributed by atoms with Crippen molar-refractivity contribution in [2.75, 3.05) is 0 Å². The summed E-state index contributed by atoms with van der Waals surface area (Å²) in [6, 6.07) is 7.50. The molecule has 1 aromatic carbocycles. The van der Waals surface area contributed by atoms with Crippen LogP contribution in [0.2, 0.25) is 0 Å². The van der Waals surface area contributed by atoms with Crippen LogP contribution in [0.15, 0.2) is 29.4 Å². The molecule has 3 nitrogen and oxygen atoms in total.